The molecule has 0 spiro atoms. The quantitative estimate of drug-likeness (QED) is 0.706. The minimum Gasteiger partial charge on any atom is -0.383 e. The number of hydrogen-bond acceptors (Lipinski definition) is 4. The van der Waals surface area contributed by atoms with Gasteiger partial charge in [0.15, 0.2) is 0 Å². The molecule has 0 fully saturated rings. The summed E-state index contributed by atoms with van der Waals surface area (Å²) in [6, 6.07) is 0. The Bertz CT molecular complexity index is 384. The molecule has 1 N–H and O–H groups in total. The summed E-state index contributed by atoms with van der Waals surface area (Å²) in [6.07, 6.45) is 3.23. The first-order valence-electron chi connectivity index (χ1n) is 7.63. The average Bonchev–Trinajstić information content (AvgIpc) is 2.43. The van der Waals surface area contributed by atoms with Gasteiger partial charge in [-0.1, -0.05) is 13.8 Å². The fourth-order valence-corrected chi connectivity index (χ4v) is 2.22. The Labute approximate surface area is 123 Å². The number of hydrogen-bond donors (Lipinski definition) is 1. The van der Waals surface area contributed by atoms with Gasteiger partial charge in [-0.05, 0) is 45.2 Å². The van der Waals surface area contributed by atoms with Crippen molar-refractivity contribution in [1.82, 2.24) is 15.3 Å². The summed E-state index contributed by atoms with van der Waals surface area (Å²) >= 11 is 0. The number of methoxy groups -OCH3 is 1. The molecule has 4 nitrogen and oxygen atoms in total. The molecule has 114 valence electrons. The summed E-state index contributed by atoms with van der Waals surface area (Å²) < 4.78 is 5.01. The van der Waals surface area contributed by atoms with Crippen molar-refractivity contribution in [1.29, 1.82) is 0 Å². The van der Waals surface area contributed by atoms with Gasteiger partial charge in [-0.2, -0.15) is 0 Å². The van der Waals surface area contributed by atoms with Crippen molar-refractivity contribution in [3.05, 3.63) is 22.8 Å². The number of nitrogens with one attached hydrogen (secondary N) is 1. The zero-order valence-corrected chi connectivity index (χ0v) is 13.6. The van der Waals surface area contributed by atoms with E-state index in [1.165, 1.54) is 5.56 Å². The van der Waals surface area contributed by atoms with Gasteiger partial charge in [0.2, 0.25) is 0 Å². The maximum absolute atomic E-state index is 5.01. The SMILES string of the molecule is CCC(C)c1nc(C)c(CCCNCCOC)c(C)n1. The molecule has 1 aromatic rings. The van der Waals surface area contributed by atoms with Gasteiger partial charge in [0.05, 0.1) is 6.61 Å². The van der Waals surface area contributed by atoms with Crippen molar-refractivity contribution in [3.63, 3.8) is 0 Å². The van der Waals surface area contributed by atoms with Crippen molar-refractivity contribution >= 4 is 0 Å². The van der Waals surface area contributed by atoms with E-state index in [9.17, 15) is 0 Å². The van der Waals surface area contributed by atoms with Gasteiger partial charge < -0.3 is 10.1 Å². The van der Waals surface area contributed by atoms with E-state index in [1.54, 1.807) is 7.11 Å². The molecule has 1 atom stereocenters. The topological polar surface area (TPSA) is 47.0 Å². The van der Waals surface area contributed by atoms with E-state index in [2.05, 4.69) is 43.0 Å². The average molecular weight is 279 g/mol. The Morgan fingerprint density at radius 2 is 1.80 bits per heavy atom. The lowest BCUT2D eigenvalue weighted by atomic mass is 10.0. The molecular weight excluding hydrogens is 250 g/mol. The summed E-state index contributed by atoms with van der Waals surface area (Å²) in [6.45, 7) is 11.3. The van der Waals surface area contributed by atoms with Crippen LogP contribution in [0.3, 0.4) is 0 Å². The summed E-state index contributed by atoms with van der Waals surface area (Å²) in [7, 11) is 1.73. The van der Waals surface area contributed by atoms with E-state index in [1.807, 2.05) is 0 Å². The molecule has 1 unspecified atom stereocenters. The van der Waals surface area contributed by atoms with Crippen LogP contribution in [0.4, 0.5) is 0 Å². The maximum Gasteiger partial charge on any atom is 0.131 e. The smallest absolute Gasteiger partial charge is 0.131 e. The molecule has 0 saturated heterocycles. The first-order valence-corrected chi connectivity index (χ1v) is 7.63. The molecular formula is C16H29N3O. The van der Waals surface area contributed by atoms with Gasteiger partial charge in [0.1, 0.15) is 5.82 Å². The molecule has 20 heavy (non-hydrogen) atoms. The van der Waals surface area contributed by atoms with Gasteiger partial charge in [0.25, 0.3) is 0 Å². The van der Waals surface area contributed by atoms with Gasteiger partial charge in [-0.3, -0.25) is 0 Å². The zero-order valence-electron chi connectivity index (χ0n) is 13.6. The third-order valence-corrected chi connectivity index (χ3v) is 3.75. The second kappa shape index (κ2) is 9.03. The van der Waals surface area contributed by atoms with Crippen LogP contribution in [-0.4, -0.2) is 36.8 Å². The van der Waals surface area contributed by atoms with Crippen LogP contribution in [0, 0.1) is 13.8 Å². The molecule has 0 aliphatic heterocycles. The molecule has 0 aliphatic rings. The third kappa shape index (κ3) is 5.17. The van der Waals surface area contributed by atoms with Crippen LogP contribution >= 0.6 is 0 Å². The van der Waals surface area contributed by atoms with Crippen LogP contribution in [0.1, 0.15) is 55.4 Å². The highest BCUT2D eigenvalue weighted by molar-refractivity contribution is 5.25. The van der Waals surface area contributed by atoms with Crippen LogP contribution in [0.15, 0.2) is 0 Å². The highest BCUT2D eigenvalue weighted by atomic mass is 16.5. The Morgan fingerprint density at radius 1 is 1.15 bits per heavy atom. The molecule has 0 aliphatic carbocycles. The largest absolute Gasteiger partial charge is 0.383 e. The molecule has 4 heteroatoms. The summed E-state index contributed by atoms with van der Waals surface area (Å²) in [5, 5.41) is 3.37. The van der Waals surface area contributed by atoms with Crippen LogP contribution in [0.2, 0.25) is 0 Å². The first-order chi connectivity index (χ1) is 9.60. The number of aromatic nitrogens is 2. The number of aryl methyl sites for hydroxylation is 2. The summed E-state index contributed by atoms with van der Waals surface area (Å²) in [5.41, 5.74) is 3.60. The van der Waals surface area contributed by atoms with E-state index in [0.717, 1.165) is 56.2 Å². The maximum atomic E-state index is 5.01. The lowest BCUT2D eigenvalue weighted by Gasteiger charge is -2.14. The lowest BCUT2D eigenvalue weighted by Crippen LogP contribution is -2.21. The Hall–Kier alpha value is -1.00. The number of rotatable bonds is 9. The second-order valence-corrected chi connectivity index (χ2v) is 5.39. The second-order valence-electron chi connectivity index (χ2n) is 5.39. The van der Waals surface area contributed by atoms with Crippen LogP contribution in [0.25, 0.3) is 0 Å². The molecule has 1 aromatic heterocycles. The van der Waals surface area contributed by atoms with E-state index in [0.29, 0.717) is 5.92 Å². The summed E-state index contributed by atoms with van der Waals surface area (Å²) in [5.74, 6) is 1.43. The predicted molar refractivity (Wildman–Crippen MR) is 83.3 cm³/mol. The highest BCUT2D eigenvalue weighted by Gasteiger charge is 2.12. The summed E-state index contributed by atoms with van der Waals surface area (Å²) in [4.78, 5) is 9.36. The lowest BCUT2D eigenvalue weighted by molar-refractivity contribution is 0.199. The van der Waals surface area contributed by atoms with E-state index >= 15 is 0 Å². The predicted octanol–water partition coefficient (Wildman–Crippen LogP) is 2.78. The van der Waals surface area contributed by atoms with E-state index < -0.39 is 0 Å². The Balaban J connectivity index is 2.54. The highest BCUT2D eigenvalue weighted by Crippen LogP contribution is 2.19. The Kier molecular flexibility index (Phi) is 7.70. The van der Waals surface area contributed by atoms with Crippen molar-refractivity contribution in [2.45, 2.75) is 52.9 Å². The molecule has 0 radical (unpaired) electrons. The molecule has 0 bridgehead atoms. The van der Waals surface area contributed by atoms with Crippen LogP contribution in [-0.2, 0) is 11.2 Å². The van der Waals surface area contributed by atoms with E-state index in [4.69, 9.17) is 4.74 Å². The van der Waals surface area contributed by atoms with Crippen LogP contribution in [0.5, 0.6) is 0 Å². The molecule has 1 rings (SSSR count). The standard InChI is InChI=1S/C16H29N3O/c1-6-12(2)16-18-13(3)15(14(4)19-16)8-7-9-17-10-11-20-5/h12,17H,6-11H2,1-5H3. The van der Waals surface area contributed by atoms with Crippen molar-refractivity contribution in [2.75, 3.05) is 26.8 Å². The first kappa shape index (κ1) is 17.1. The molecule has 1 heterocycles. The fourth-order valence-electron chi connectivity index (χ4n) is 2.22. The number of nitrogens with zero attached hydrogens (tertiary/aromatic N) is 2. The minimum absolute atomic E-state index is 0.442. The van der Waals surface area contributed by atoms with Gasteiger partial charge in [0, 0.05) is 31.0 Å². The normalized spacial score (nSPS) is 12.7. The van der Waals surface area contributed by atoms with Crippen molar-refractivity contribution in [2.24, 2.45) is 0 Å². The van der Waals surface area contributed by atoms with Gasteiger partial charge in [-0.25, -0.2) is 9.97 Å². The fraction of sp³-hybridized carbons (Fsp3) is 0.750. The minimum atomic E-state index is 0.442. The molecule has 0 amide bonds. The number of ether oxygens (including phenoxy) is 1. The zero-order chi connectivity index (χ0) is 15.0. The van der Waals surface area contributed by atoms with Crippen molar-refractivity contribution < 1.29 is 4.74 Å². The van der Waals surface area contributed by atoms with Crippen molar-refractivity contribution in [3.8, 4) is 0 Å². The van der Waals surface area contributed by atoms with Gasteiger partial charge >= 0.3 is 0 Å². The monoisotopic (exact) mass is 279 g/mol. The Morgan fingerprint density at radius 3 is 2.35 bits per heavy atom. The molecule has 0 saturated carbocycles. The van der Waals surface area contributed by atoms with E-state index in [-0.39, 0.29) is 0 Å². The third-order valence-electron chi connectivity index (χ3n) is 3.75. The van der Waals surface area contributed by atoms with Gasteiger partial charge in [-0.15, -0.1) is 0 Å². The molecule has 0 aromatic carbocycles. The van der Waals surface area contributed by atoms with Crippen LogP contribution < -0.4 is 5.32 Å².